The van der Waals surface area contributed by atoms with Crippen LogP contribution in [0.4, 0.5) is 11.4 Å². The van der Waals surface area contributed by atoms with Crippen molar-refractivity contribution in [2.45, 2.75) is 45.4 Å². The SMILES string of the molecule is CC1(C)OB(c2ccc(CN3CC(=O)Nc4ccccc43)cc2)OC1(C)C. The molecule has 0 aromatic heterocycles. The third-order valence-corrected chi connectivity index (χ3v) is 5.73. The fourth-order valence-electron chi connectivity index (χ4n) is 3.42. The summed E-state index contributed by atoms with van der Waals surface area (Å²) >= 11 is 0. The van der Waals surface area contributed by atoms with E-state index in [0.29, 0.717) is 13.1 Å². The van der Waals surface area contributed by atoms with Gasteiger partial charge < -0.3 is 19.5 Å². The van der Waals surface area contributed by atoms with Crippen molar-refractivity contribution in [3.8, 4) is 0 Å². The van der Waals surface area contributed by atoms with Crippen LogP contribution in [0.15, 0.2) is 48.5 Å². The van der Waals surface area contributed by atoms with E-state index >= 15 is 0 Å². The summed E-state index contributed by atoms with van der Waals surface area (Å²) in [5.41, 5.74) is 3.37. The maximum Gasteiger partial charge on any atom is 0.494 e. The van der Waals surface area contributed by atoms with Crippen molar-refractivity contribution < 1.29 is 14.1 Å². The Balaban J connectivity index is 1.50. The number of amides is 1. The number of anilines is 2. The van der Waals surface area contributed by atoms with Gasteiger partial charge in [-0.2, -0.15) is 0 Å². The molecular formula is C21H25BN2O3. The van der Waals surface area contributed by atoms with Crippen molar-refractivity contribution in [3.63, 3.8) is 0 Å². The summed E-state index contributed by atoms with van der Waals surface area (Å²) in [5.74, 6) is 0.0162. The van der Waals surface area contributed by atoms with Crippen LogP contribution < -0.4 is 15.7 Å². The van der Waals surface area contributed by atoms with Gasteiger partial charge in [-0.1, -0.05) is 36.4 Å². The van der Waals surface area contributed by atoms with Crippen molar-refractivity contribution in [1.29, 1.82) is 0 Å². The van der Waals surface area contributed by atoms with E-state index in [1.807, 2.05) is 36.4 Å². The molecule has 4 rings (SSSR count). The summed E-state index contributed by atoms with van der Waals surface area (Å²) < 4.78 is 12.2. The first-order chi connectivity index (χ1) is 12.7. The normalized spacial score (nSPS) is 20.4. The van der Waals surface area contributed by atoms with Crippen LogP contribution in [0.1, 0.15) is 33.3 Å². The van der Waals surface area contributed by atoms with Gasteiger partial charge in [0.1, 0.15) is 0 Å². The number of para-hydroxylation sites is 2. The van der Waals surface area contributed by atoms with Gasteiger partial charge in [-0.05, 0) is 50.9 Å². The van der Waals surface area contributed by atoms with Crippen LogP contribution in [-0.2, 0) is 20.6 Å². The third-order valence-electron chi connectivity index (χ3n) is 5.73. The van der Waals surface area contributed by atoms with Crippen LogP contribution in [0.2, 0.25) is 0 Å². The highest BCUT2D eigenvalue weighted by Gasteiger charge is 2.51. The Bertz CT molecular complexity index is 848. The van der Waals surface area contributed by atoms with E-state index in [9.17, 15) is 4.79 Å². The lowest BCUT2D eigenvalue weighted by molar-refractivity contribution is -0.115. The van der Waals surface area contributed by atoms with Gasteiger partial charge in [0.2, 0.25) is 5.91 Å². The summed E-state index contributed by atoms with van der Waals surface area (Å²) in [4.78, 5) is 14.1. The number of rotatable bonds is 3. The molecule has 2 aromatic carbocycles. The zero-order chi connectivity index (χ0) is 19.2. The average molecular weight is 364 g/mol. The van der Waals surface area contributed by atoms with Crippen molar-refractivity contribution >= 4 is 29.9 Å². The molecule has 1 saturated heterocycles. The summed E-state index contributed by atoms with van der Waals surface area (Å²) in [5, 5.41) is 2.92. The molecule has 5 nitrogen and oxygen atoms in total. The average Bonchev–Trinajstić information content (AvgIpc) is 2.83. The highest BCUT2D eigenvalue weighted by molar-refractivity contribution is 6.62. The summed E-state index contributed by atoms with van der Waals surface area (Å²) in [7, 11) is -0.356. The van der Waals surface area contributed by atoms with Gasteiger partial charge in [-0.3, -0.25) is 4.79 Å². The number of nitrogens with zero attached hydrogens (tertiary/aromatic N) is 1. The van der Waals surface area contributed by atoms with E-state index < -0.39 is 0 Å². The van der Waals surface area contributed by atoms with Crippen molar-refractivity contribution in [2.75, 3.05) is 16.8 Å². The highest BCUT2D eigenvalue weighted by Crippen LogP contribution is 2.36. The molecule has 2 aromatic rings. The van der Waals surface area contributed by atoms with Gasteiger partial charge in [0.05, 0.1) is 29.1 Å². The van der Waals surface area contributed by atoms with E-state index in [-0.39, 0.29) is 24.2 Å². The van der Waals surface area contributed by atoms with Crippen LogP contribution in [0, 0.1) is 0 Å². The van der Waals surface area contributed by atoms with Gasteiger partial charge in [0, 0.05) is 6.54 Å². The number of hydrogen-bond acceptors (Lipinski definition) is 4. The molecule has 2 aliphatic rings. The summed E-state index contributed by atoms with van der Waals surface area (Å²) in [6.07, 6.45) is 0. The fraction of sp³-hybridized carbons (Fsp3) is 0.381. The highest BCUT2D eigenvalue weighted by atomic mass is 16.7. The second kappa shape index (κ2) is 6.39. The Kier molecular flexibility index (Phi) is 4.28. The molecule has 27 heavy (non-hydrogen) atoms. The minimum absolute atomic E-state index is 0.0162. The van der Waals surface area contributed by atoms with Crippen LogP contribution in [-0.4, -0.2) is 30.8 Å². The Morgan fingerprint density at radius 1 is 1.00 bits per heavy atom. The Morgan fingerprint density at radius 2 is 1.63 bits per heavy atom. The molecule has 6 heteroatoms. The Morgan fingerprint density at radius 3 is 2.30 bits per heavy atom. The number of carbonyl (C=O) groups excluding carboxylic acids is 1. The van der Waals surface area contributed by atoms with Gasteiger partial charge in [0.15, 0.2) is 0 Å². The van der Waals surface area contributed by atoms with Crippen molar-refractivity contribution in [3.05, 3.63) is 54.1 Å². The van der Waals surface area contributed by atoms with Crippen LogP contribution in [0.25, 0.3) is 0 Å². The molecule has 2 aliphatic heterocycles. The predicted molar refractivity (Wildman–Crippen MR) is 108 cm³/mol. The van der Waals surface area contributed by atoms with Gasteiger partial charge >= 0.3 is 7.12 Å². The fourth-order valence-corrected chi connectivity index (χ4v) is 3.42. The lowest BCUT2D eigenvalue weighted by atomic mass is 9.79. The quantitative estimate of drug-likeness (QED) is 0.851. The second-order valence-electron chi connectivity index (χ2n) is 8.25. The van der Waals surface area contributed by atoms with Crippen LogP contribution >= 0.6 is 0 Å². The minimum atomic E-state index is -0.356. The zero-order valence-electron chi connectivity index (χ0n) is 16.3. The minimum Gasteiger partial charge on any atom is -0.399 e. The first-order valence-electron chi connectivity index (χ1n) is 9.33. The first-order valence-corrected chi connectivity index (χ1v) is 9.33. The smallest absolute Gasteiger partial charge is 0.399 e. The topological polar surface area (TPSA) is 50.8 Å². The molecule has 0 aliphatic carbocycles. The molecule has 0 unspecified atom stereocenters. The van der Waals surface area contributed by atoms with E-state index in [0.717, 1.165) is 22.4 Å². The van der Waals surface area contributed by atoms with E-state index in [1.54, 1.807) is 0 Å². The third kappa shape index (κ3) is 3.35. The van der Waals surface area contributed by atoms with Crippen molar-refractivity contribution in [1.82, 2.24) is 0 Å². The second-order valence-corrected chi connectivity index (χ2v) is 8.25. The molecule has 2 heterocycles. The predicted octanol–water partition coefficient (Wildman–Crippen LogP) is 2.94. The molecule has 0 atom stereocenters. The number of hydrogen-bond donors (Lipinski definition) is 1. The maximum atomic E-state index is 12.0. The lowest BCUT2D eigenvalue weighted by Crippen LogP contribution is -2.41. The van der Waals surface area contributed by atoms with Gasteiger partial charge in [0.25, 0.3) is 0 Å². The molecule has 1 N–H and O–H groups in total. The molecule has 1 amide bonds. The monoisotopic (exact) mass is 364 g/mol. The van der Waals surface area contributed by atoms with E-state index in [1.165, 1.54) is 0 Å². The lowest BCUT2D eigenvalue weighted by Gasteiger charge is -2.32. The molecule has 0 bridgehead atoms. The first kappa shape index (κ1) is 18.1. The number of benzene rings is 2. The van der Waals surface area contributed by atoms with Crippen LogP contribution in [0.3, 0.4) is 0 Å². The van der Waals surface area contributed by atoms with E-state index in [4.69, 9.17) is 9.31 Å². The van der Waals surface area contributed by atoms with Crippen LogP contribution in [0.5, 0.6) is 0 Å². The van der Waals surface area contributed by atoms with Gasteiger partial charge in [-0.25, -0.2) is 0 Å². The number of nitrogens with one attached hydrogen (secondary N) is 1. The molecule has 0 radical (unpaired) electrons. The summed E-state index contributed by atoms with van der Waals surface area (Å²) in [6, 6.07) is 16.1. The number of carbonyl (C=O) groups is 1. The molecule has 140 valence electrons. The summed E-state index contributed by atoms with van der Waals surface area (Å²) in [6.45, 7) is 9.25. The Hall–Kier alpha value is -2.31. The maximum absolute atomic E-state index is 12.0. The standard InChI is InChI=1S/C21H25BN2O3/c1-20(2)21(3,4)27-22(26-20)16-11-9-15(10-12-16)13-24-14-19(25)23-17-7-5-6-8-18(17)24/h5-12H,13-14H2,1-4H3,(H,23,25). The zero-order valence-corrected chi connectivity index (χ0v) is 16.3. The molecule has 0 saturated carbocycles. The molecule has 0 spiro atoms. The largest absolute Gasteiger partial charge is 0.494 e. The molecule has 1 fully saturated rings. The van der Waals surface area contributed by atoms with Gasteiger partial charge in [-0.15, -0.1) is 0 Å². The molecular weight excluding hydrogens is 339 g/mol. The van der Waals surface area contributed by atoms with Crippen molar-refractivity contribution in [2.24, 2.45) is 0 Å². The van der Waals surface area contributed by atoms with E-state index in [2.05, 4.69) is 50.0 Å². The number of fused-ring (bicyclic) bond motifs is 1. The Labute approximate surface area is 160 Å².